The van der Waals surface area contributed by atoms with Crippen molar-refractivity contribution in [1.29, 1.82) is 0 Å². The number of hydrogen-bond acceptors (Lipinski definition) is 7. The van der Waals surface area contributed by atoms with Gasteiger partial charge in [0.2, 0.25) is 0 Å². The molecule has 0 atom stereocenters. The molecule has 1 aliphatic heterocycles. The highest BCUT2D eigenvalue weighted by atomic mass is 79.9. The number of rotatable bonds is 7. The van der Waals surface area contributed by atoms with Crippen LogP contribution in [0.2, 0.25) is 10.0 Å². The van der Waals surface area contributed by atoms with Gasteiger partial charge in [-0.3, -0.25) is 14.9 Å². The summed E-state index contributed by atoms with van der Waals surface area (Å²) in [5.74, 6) is -1.89. The Bertz CT molecular complexity index is 1590. The van der Waals surface area contributed by atoms with Crippen LogP contribution in [0.25, 0.3) is 6.08 Å². The zero-order valence-electron chi connectivity index (χ0n) is 19.4. The highest BCUT2D eigenvalue weighted by Gasteiger charge is 2.37. The fourth-order valence-corrected chi connectivity index (χ4v) is 5.36. The summed E-state index contributed by atoms with van der Waals surface area (Å²) >= 11 is 15.1. The van der Waals surface area contributed by atoms with Gasteiger partial charge in [-0.15, -0.1) is 0 Å². The zero-order valence-corrected chi connectivity index (χ0v) is 23.3. The molecule has 0 bridgehead atoms. The molecule has 0 unspecified atom stereocenters. The quantitative estimate of drug-likeness (QED) is 0.203. The van der Waals surface area contributed by atoms with Crippen LogP contribution in [0.1, 0.15) is 12.5 Å². The lowest BCUT2D eigenvalue weighted by molar-refractivity contribution is -0.122. The number of barbiturate groups is 1. The average molecular weight is 640 g/mol. The van der Waals surface area contributed by atoms with Gasteiger partial charge in [-0.2, -0.15) is 8.42 Å². The molecule has 0 radical (unpaired) electrons. The van der Waals surface area contributed by atoms with Gasteiger partial charge in [-0.05, 0) is 89.1 Å². The van der Waals surface area contributed by atoms with Crippen molar-refractivity contribution in [2.75, 3.05) is 11.5 Å². The topological polar surface area (TPSA) is 119 Å². The van der Waals surface area contributed by atoms with Crippen molar-refractivity contribution >= 4 is 78.9 Å². The SMILES string of the molecule is CCOc1cc(/C=C2\C(=O)NC(=O)N(c3cccc(Cl)c3)C2=O)cc(Br)c1OS(=O)(=O)c1ccc(Cl)cc1. The van der Waals surface area contributed by atoms with Crippen molar-refractivity contribution < 1.29 is 31.7 Å². The third-order valence-electron chi connectivity index (χ3n) is 5.11. The summed E-state index contributed by atoms with van der Waals surface area (Å²) in [7, 11) is -4.26. The van der Waals surface area contributed by atoms with Gasteiger partial charge in [-0.1, -0.05) is 29.3 Å². The first-order valence-electron chi connectivity index (χ1n) is 10.8. The van der Waals surface area contributed by atoms with E-state index in [1.54, 1.807) is 19.1 Å². The number of halogens is 3. The number of carbonyl (C=O) groups excluding carboxylic acids is 3. The van der Waals surface area contributed by atoms with Crippen LogP contribution in [0.4, 0.5) is 10.5 Å². The van der Waals surface area contributed by atoms with Gasteiger partial charge in [0.1, 0.15) is 10.5 Å². The number of nitrogens with one attached hydrogen (secondary N) is 1. The molecule has 1 heterocycles. The van der Waals surface area contributed by atoms with Crippen LogP contribution in [0, 0.1) is 0 Å². The number of ether oxygens (including phenoxy) is 1. The van der Waals surface area contributed by atoms with Crippen LogP contribution in [0.5, 0.6) is 11.5 Å². The largest absolute Gasteiger partial charge is 0.490 e. The molecule has 9 nitrogen and oxygen atoms in total. The second kappa shape index (κ2) is 11.2. The van der Waals surface area contributed by atoms with Crippen molar-refractivity contribution in [3.8, 4) is 11.5 Å². The standard InChI is InChI=1S/C25H17BrCl2N2O7S/c1-2-36-21-12-14(11-20(26)22(21)37-38(34,35)18-8-6-15(27)7-9-18)10-19-23(31)29-25(33)30(24(19)32)17-5-3-4-16(28)13-17/h3-13H,2H2,1H3,(H,29,31,33)/b19-10+. The molecule has 1 fully saturated rings. The zero-order chi connectivity index (χ0) is 27.6. The van der Waals surface area contributed by atoms with E-state index >= 15 is 0 Å². The predicted octanol–water partition coefficient (Wildman–Crippen LogP) is 5.59. The molecule has 0 saturated carbocycles. The number of hydrogen-bond donors (Lipinski definition) is 1. The number of imide groups is 2. The molecular formula is C25H17BrCl2N2O7S. The summed E-state index contributed by atoms with van der Waals surface area (Å²) in [6.07, 6.45) is 1.24. The Morgan fingerprint density at radius 1 is 1.00 bits per heavy atom. The minimum absolute atomic E-state index is 0.0257. The van der Waals surface area contributed by atoms with Gasteiger partial charge >= 0.3 is 16.1 Å². The third kappa shape index (κ3) is 5.86. The molecule has 1 N–H and O–H groups in total. The van der Waals surface area contributed by atoms with Crippen LogP contribution in [-0.4, -0.2) is 32.9 Å². The maximum atomic E-state index is 13.2. The highest BCUT2D eigenvalue weighted by Crippen LogP contribution is 2.39. The lowest BCUT2D eigenvalue weighted by atomic mass is 10.1. The summed E-state index contributed by atoms with van der Waals surface area (Å²) in [5, 5.41) is 2.77. The fourth-order valence-electron chi connectivity index (χ4n) is 3.45. The van der Waals surface area contributed by atoms with Gasteiger partial charge in [0.25, 0.3) is 11.8 Å². The number of benzene rings is 3. The lowest BCUT2D eigenvalue weighted by Gasteiger charge is -2.26. The van der Waals surface area contributed by atoms with Gasteiger partial charge < -0.3 is 8.92 Å². The van der Waals surface area contributed by atoms with Gasteiger partial charge in [0.15, 0.2) is 11.5 Å². The number of amides is 4. The molecule has 0 aliphatic carbocycles. The van der Waals surface area contributed by atoms with Crippen LogP contribution >= 0.6 is 39.1 Å². The summed E-state index contributed by atoms with van der Waals surface area (Å²) in [6, 6.07) is 13.4. The molecule has 3 aromatic carbocycles. The third-order valence-corrected chi connectivity index (χ3v) is 7.42. The molecule has 196 valence electrons. The lowest BCUT2D eigenvalue weighted by Crippen LogP contribution is -2.54. The van der Waals surface area contributed by atoms with Crippen molar-refractivity contribution in [1.82, 2.24) is 5.32 Å². The predicted molar refractivity (Wildman–Crippen MR) is 145 cm³/mol. The van der Waals surface area contributed by atoms with Gasteiger partial charge in [-0.25, -0.2) is 9.69 Å². The maximum absolute atomic E-state index is 13.2. The Kier molecular flexibility index (Phi) is 8.12. The molecule has 3 aromatic rings. The number of urea groups is 1. The van der Waals surface area contributed by atoms with E-state index in [-0.39, 0.29) is 44.3 Å². The molecule has 4 amide bonds. The Morgan fingerprint density at radius 2 is 1.71 bits per heavy atom. The van der Waals surface area contributed by atoms with Crippen molar-refractivity contribution in [2.45, 2.75) is 11.8 Å². The monoisotopic (exact) mass is 638 g/mol. The Balaban J connectivity index is 1.72. The Hall–Kier alpha value is -3.38. The first kappa shape index (κ1) is 27.6. The van der Waals surface area contributed by atoms with Crippen LogP contribution in [0.3, 0.4) is 0 Å². The molecule has 0 spiro atoms. The first-order valence-corrected chi connectivity index (χ1v) is 13.8. The Labute approximate surface area is 236 Å². The normalized spacial score (nSPS) is 15.0. The minimum atomic E-state index is -4.26. The van der Waals surface area contributed by atoms with Crippen LogP contribution in [-0.2, 0) is 19.7 Å². The van der Waals surface area contributed by atoms with E-state index in [4.69, 9.17) is 32.1 Å². The molecular weight excluding hydrogens is 623 g/mol. The van der Waals surface area contributed by atoms with E-state index in [0.717, 1.165) is 4.90 Å². The van der Waals surface area contributed by atoms with Crippen LogP contribution < -0.4 is 19.1 Å². The Morgan fingerprint density at radius 3 is 2.37 bits per heavy atom. The molecule has 13 heteroatoms. The van der Waals surface area contributed by atoms with E-state index in [0.29, 0.717) is 10.0 Å². The van der Waals surface area contributed by atoms with Crippen molar-refractivity contribution in [3.05, 3.63) is 86.3 Å². The summed E-state index contributed by atoms with van der Waals surface area (Å²) in [6.45, 7) is 1.84. The van der Waals surface area contributed by atoms with E-state index in [1.807, 2.05) is 0 Å². The maximum Gasteiger partial charge on any atom is 0.339 e. The summed E-state index contributed by atoms with van der Waals surface area (Å²) in [5.41, 5.74) is 0.113. The molecule has 1 aliphatic rings. The van der Waals surface area contributed by atoms with Crippen LogP contribution in [0.15, 0.2) is 75.6 Å². The smallest absolute Gasteiger partial charge is 0.339 e. The second-order valence-corrected chi connectivity index (χ2v) is 11.0. The number of carbonyl (C=O) groups is 3. The van der Waals surface area contributed by atoms with Crippen molar-refractivity contribution in [3.63, 3.8) is 0 Å². The minimum Gasteiger partial charge on any atom is -0.490 e. The van der Waals surface area contributed by atoms with E-state index in [1.165, 1.54) is 54.6 Å². The molecule has 38 heavy (non-hydrogen) atoms. The summed E-state index contributed by atoms with van der Waals surface area (Å²) in [4.78, 5) is 38.8. The van der Waals surface area contributed by atoms with E-state index in [9.17, 15) is 22.8 Å². The average Bonchev–Trinajstić information content (AvgIpc) is 2.84. The van der Waals surface area contributed by atoms with Gasteiger partial charge in [0, 0.05) is 10.0 Å². The molecule has 4 rings (SSSR count). The molecule has 0 aromatic heterocycles. The number of nitrogens with zero attached hydrogens (tertiary/aromatic N) is 1. The molecule has 1 saturated heterocycles. The second-order valence-electron chi connectivity index (χ2n) is 7.69. The van der Waals surface area contributed by atoms with Gasteiger partial charge in [0.05, 0.1) is 16.8 Å². The van der Waals surface area contributed by atoms with E-state index in [2.05, 4.69) is 21.2 Å². The van der Waals surface area contributed by atoms with E-state index < -0.39 is 28.0 Å². The number of anilines is 1. The fraction of sp³-hybridized carbons (Fsp3) is 0.0800. The summed E-state index contributed by atoms with van der Waals surface area (Å²) < 4.78 is 36.8. The first-order chi connectivity index (χ1) is 18.0. The highest BCUT2D eigenvalue weighted by molar-refractivity contribution is 9.10. The van der Waals surface area contributed by atoms with Crippen molar-refractivity contribution in [2.24, 2.45) is 0 Å².